The van der Waals surface area contributed by atoms with E-state index >= 15 is 0 Å². The van der Waals surface area contributed by atoms with Crippen molar-refractivity contribution in [3.63, 3.8) is 0 Å². The van der Waals surface area contributed by atoms with Crippen molar-refractivity contribution in [2.24, 2.45) is 0 Å². The summed E-state index contributed by atoms with van der Waals surface area (Å²) in [6.45, 7) is 2.46. The van der Waals surface area contributed by atoms with Crippen molar-refractivity contribution >= 4 is 23.2 Å². The minimum atomic E-state index is -0.436. The highest BCUT2D eigenvalue weighted by atomic mass is 35.5. The van der Waals surface area contributed by atoms with Crippen LogP contribution in [0.3, 0.4) is 0 Å². The molecule has 1 aliphatic carbocycles. The van der Waals surface area contributed by atoms with Crippen LogP contribution in [0.15, 0.2) is 48.5 Å². The molecule has 0 spiro atoms. The van der Waals surface area contributed by atoms with Crippen LogP contribution in [0.1, 0.15) is 28.4 Å². The number of aromatic nitrogens is 2. The van der Waals surface area contributed by atoms with E-state index in [1.54, 1.807) is 4.68 Å². The molecule has 6 heteroatoms. The molecule has 0 saturated carbocycles. The number of rotatable bonds is 4. The Balaban J connectivity index is 1.58. The molecule has 4 rings (SSSR count). The van der Waals surface area contributed by atoms with Crippen molar-refractivity contribution in [1.29, 1.82) is 0 Å². The summed E-state index contributed by atoms with van der Waals surface area (Å²) in [5.41, 5.74) is 4.93. The van der Waals surface area contributed by atoms with Gasteiger partial charge in [-0.3, -0.25) is 0 Å². The molecule has 0 amide bonds. The molecule has 0 unspecified atom stereocenters. The zero-order valence-corrected chi connectivity index (χ0v) is 15.8. The Bertz CT molecular complexity index is 954. The van der Waals surface area contributed by atoms with Gasteiger partial charge in [0.2, 0.25) is 0 Å². The molecule has 0 aliphatic heterocycles. The van der Waals surface area contributed by atoms with E-state index in [1.165, 1.54) is 5.56 Å². The Hall–Kier alpha value is -1.85. The van der Waals surface area contributed by atoms with Crippen molar-refractivity contribution in [3.8, 4) is 5.69 Å². The second-order valence-electron chi connectivity index (χ2n) is 6.58. The molecule has 134 valence electrons. The summed E-state index contributed by atoms with van der Waals surface area (Å²) in [7, 11) is 0. The first-order chi connectivity index (χ1) is 12.5. The second kappa shape index (κ2) is 7.05. The molecule has 1 aromatic heterocycles. The third-order valence-electron chi connectivity index (χ3n) is 4.88. The second-order valence-corrected chi connectivity index (χ2v) is 7.37. The summed E-state index contributed by atoms with van der Waals surface area (Å²) in [5, 5.41) is 19.6. The van der Waals surface area contributed by atoms with Gasteiger partial charge in [-0.1, -0.05) is 53.5 Å². The third-order valence-corrected chi connectivity index (χ3v) is 5.50. The van der Waals surface area contributed by atoms with Crippen LogP contribution < -0.4 is 5.32 Å². The van der Waals surface area contributed by atoms with E-state index in [0.717, 1.165) is 22.5 Å². The predicted molar refractivity (Wildman–Crippen MR) is 104 cm³/mol. The Morgan fingerprint density at radius 1 is 1.19 bits per heavy atom. The van der Waals surface area contributed by atoms with Crippen molar-refractivity contribution in [2.45, 2.75) is 32.0 Å². The van der Waals surface area contributed by atoms with E-state index in [0.29, 0.717) is 23.1 Å². The fourth-order valence-corrected chi connectivity index (χ4v) is 4.07. The van der Waals surface area contributed by atoms with Gasteiger partial charge in [0, 0.05) is 23.6 Å². The monoisotopic (exact) mass is 387 g/mol. The number of nitrogens with one attached hydrogen (secondary N) is 1. The largest absolute Gasteiger partial charge is 0.391 e. The summed E-state index contributed by atoms with van der Waals surface area (Å²) in [5.74, 6) is 0. The zero-order chi connectivity index (χ0) is 18.3. The van der Waals surface area contributed by atoms with Crippen molar-refractivity contribution in [1.82, 2.24) is 15.1 Å². The molecule has 0 bridgehead atoms. The molecule has 2 atom stereocenters. The van der Waals surface area contributed by atoms with Gasteiger partial charge in [0.1, 0.15) is 5.15 Å². The molecule has 2 aromatic carbocycles. The Kier molecular flexibility index (Phi) is 4.76. The molecule has 2 N–H and O–H groups in total. The first-order valence-electron chi connectivity index (χ1n) is 8.54. The molecule has 1 aliphatic rings. The lowest BCUT2D eigenvalue weighted by Crippen LogP contribution is -2.28. The number of benzene rings is 2. The maximum absolute atomic E-state index is 10.4. The number of fused-ring (bicyclic) bond motifs is 1. The Morgan fingerprint density at radius 3 is 2.81 bits per heavy atom. The fourth-order valence-electron chi connectivity index (χ4n) is 3.54. The van der Waals surface area contributed by atoms with Crippen molar-refractivity contribution in [3.05, 3.63) is 81.1 Å². The lowest BCUT2D eigenvalue weighted by Gasteiger charge is -2.18. The maximum atomic E-state index is 10.4. The van der Waals surface area contributed by atoms with Crippen molar-refractivity contribution < 1.29 is 5.11 Å². The predicted octanol–water partition coefficient (Wildman–Crippen LogP) is 4.24. The first-order valence-corrected chi connectivity index (χ1v) is 9.29. The normalized spacial score (nSPS) is 18.9. The van der Waals surface area contributed by atoms with Crippen LogP contribution in [-0.2, 0) is 13.0 Å². The van der Waals surface area contributed by atoms with Crippen LogP contribution in [0.4, 0.5) is 0 Å². The van der Waals surface area contributed by atoms with E-state index in [4.69, 9.17) is 23.2 Å². The van der Waals surface area contributed by atoms with Crippen LogP contribution in [0.2, 0.25) is 10.2 Å². The molecule has 3 aromatic rings. The number of halogens is 2. The highest BCUT2D eigenvalue weighted by Crippen LogP contribution is 2.32. The van der Waals surface area contributed by atoms with E-state index < -0.39 is 6.10 Å². The average molecular weight is 388 g/mol. The first kappa shape index (κ1) is 17.6. The number of aliphatic hydroxyl groups excluding tert-OH is 1. The molecule has 0 fully saturated rings. The Morgan fingerprint density at radius 2 is 2.00 bits per heavy atom. The van der Waals surface area contributed by atoms with Crippen LogP contribution in [-0.4, -0.2) is 21.0 Å². The van der Waals surface area contributed by atoms with Crippen LogP contribution in [0.25, 0.3) is 5.69 Å². The maximum Gasteiger partial charge on any atom is 0.137 e. The third kappa shape index (κ3) is 3.14. The van der Waals surface area contributed by atoms with E-state index in [1.807, 2.05) is 43.3 Å². The van der Waals surface area contributed by atoms with Gasteiger partial charge >= 0.3 is 0 Å². The molecule has 4 nitrogen and oxygen atoms in total. The van der Waals surface area contributed by atoms with Gasteiger partial charge in [-0.05, 0) is 36.2 Å². The van der Waals surface area contributed by atoms with Crippen LogP contribution >= 0.6 is 23.2 Å². The quantitative estimate of drug-likeness (QED) is 0.703. The summed E-state index contributed by atoms with van der Waals surface area (Å²) in [6.07, 6.45) is 0.233. The molecule has 26 heavy (non-hydrogen) atoms. The Labute approximate surface area is 162 Å². The smallest absolute Gasteiger partial charge is 0.137 e. The number of nitrogens with zero attached hydrogens (tertiary/aromatic N) is 2. The fraction of sp³-hybridized carbons (Fsp3) is 0.250. The summed E-state index contributed by atoms with van der Waals surface area (Å²) in [4.78, 5) is 0. The molecule has 1 heterocycles. The van der Waals surface area contributed by atoms with Gasteiger partial charge in [0.05, 0.1) is 23.5 Å². The number of aliphatic hydroxyl groups is 1. The summed E-state index contributed by atoms with van der Waals surface area (Å²) < 4.78 is 1.69. The minimum Gasteiger partial charge on any atom is -0.391 e. The van der Waals surface area contributed by atoms with Gasteiger partial charge < -0.3 is 10.4 Å². The van der Waals surface area contributed by atoms with E-state index in [-0.39, 0.29) is 6.04 Å². The van der Waals surface area contributed by atoms with E-state index in [2.05, 4.69) is 22.5 Å². The highest BCUT2D eigenvalue weighted by Gasteiger charge is 2.30. The average Bonchev–Trinajstić information content (AvgIpc) is 3.09. The molecular weight excluding hydrogens is 369 g/mol. The highest BCUT2D eigenvalue weighted by molar-refractivity contribution is 6.31. The summed E-state index contributed by atoms with van der Waals surface area (Å²) >= 11 is 12.7. The van der Waals surface area contributed by atoms with Crippen LogP contribution in [0, 0.1) is 6.92 Å². The molecular formula is C20H19Cl2N3O. The van der Waals surface area contributed by atoms with Gasteiger partial charge in [-0.25, -0.2) is 4.68 Å². The van der Waals surface area contributed by atoms with Crippen LogP contribution in [0.5, 0.6) is 0 Å². The number of hydrogen-bond acceptors (Lipinski definition) is 3. The SMILES string of the molecule is Cc1nn(-c2cccc(Cl)c2)c(Cl)c1CN[C@@H]1c2ccccc2C[C@@H]1O. The zero-order valence-electron chi connectivity index (χ0n) is 14.3. The van der Waals surface area contributed by atoms with Gasteiger partial charge in [-0.15, -0.1) is 0 Å². The minimum absolute atomic E-state index is 0.101. The van der Waals surface area contributed by atoms with Gasteiger partial charge in [0.25, 0.3) is 0 Å². The summed E-state index contributed by atoms with van der Waals surface area (Å²) in [6, 6.07) is 15.5. The lowest BCUT2D eigenvalue weighted by atomic mass is 10.1. The molecule has 0 saturated heterocycles. The van der Waals surface area contributed by atoms with Gasteiger partial charge in [0.15, 0.2) is 0 Å². The standard InChI is InChI=1S/C20H19Cl2N3O/c1-12-17(20(22)25(24-12)15-7-4-6-14(21)10-15)11-23-19-16-8-3-2-5-13(16)9-18(19)26/h2-8,10,18-19,23,26H,9,11H2,1H3/t18-,19+/m0/s1. The van der Waals surface area contributed by atoms with Gasteiger partial charge in [-0.2, -0.15) is 5.10 Å². The lowest BCUT2D eigenvalue weighted by molar-refractivity contribution is 0.140. The number of hydrogen-bond donors (Lipinski definition) is 2. The van der Waals surface area contributed by atoms with E-state index in [9.17, 15) is 5.11 Å². The van der Waals surface area contributed by atoms with Crippen molar-refractivity contribution in [2.75, 3.05) is 0 Å². The molecule has 0 radical (unpaired) electrons. The topological polar surface area (TPSA) is 50.1 Å². The number of aryl methyl sites for hydroxylation is 1.